The number of hydrogen-bond acceptors (Lipinski definition) is 3. The van der Waals surface area contributed by atoms with Crippen molar-refractivity contribution >= 4 is 11.3 Å². The van der Waals surface area contributed by atoms with E-state index in [1.54, 1.807) is 0 Å². The van der Waals surface area contributed by atoms with Gasteiger partial charge in [-0.2, -0.15) is 0 Å². The average molecular weight is 252 g/mol. The maximum Gasteiger partial charge on any atom is 0.0590 e. The van der Waals surface area contributed by atoms with E-state index in [9.17, 15) is 0 Å². The van der Waals surface area contributed by atoms with Crippen LogP contribution in [-0.2, 0) is 0 Å². The summed E-state index contributed by atoms with van der Waals surface area (Å²) in [5, 5.41) is 2.16. The molecule has 0 radical (unpaired) electrons. The molecule has 0 amide bonds. The Bertz CT molecular complexity index is 321. The standard InChI is InChI=1S/C14H24N2S/c1-11-5-3-8-16(9-7-11)14(12(2)15)13-6-4-10-17-13/h4,6,10-12,14H,3,5,7-9,15H2,1-2H3. The first-order valence-corrected chi connectivity index (χ1v) is 7.59. The summed E-state index contributed by atoms with van der Waals surface area (Å²) < 4.78 is 0. The monoisotopic (exact) mass is 252 g/mol. The van der Waals surface area contributed by atoms with Crippen LogP contribution in [0, 0.1) is 5.92 Å². The normalized spacial score (nSPS) is 26.4. The lowest BCUT2D eigenvalue weighted by Crippen LogP contribution is -2.39. The molecule has 0 saturated carbocycles. The van der Waals surface area contributed by atoms with Gasteiger partial charge >= 0.3 is 0 Å². The van der Waals surface area contributed by atoms with Gasteiger partial charge in [-0.1, -0.05) is 13.0 Å². The summed E-state index contributed by atoms with van der Waals surface area (Å²) in [4.78, 5) is 4.02. The Labute approximate surface area is 109 Å². The second kappa shape index (κ2) is 5.98. The summed E-state index contributed by atoms with van der Waals surface area (Å²) in [5.41, 5.74) is 6.21. The molecular weight excluding hydrogens is 228 g/mol. The Morgan fingerprint density at radius 3 is 2.88 bits per heavy atom. The average Bonchev–Trinajstić information content (AvgIpc) is 2.70. The van der Waals surface area contributed by atoms with Gasteiger partial charge in [0.2, 0.25) is 0 Å². The van der Waals surface area contributed by atoms with Gasteiger partial charge in [0.1, 0.15) is 0 Å². The molecule has 17 heavy (non-hydrogen) atoms. The highest BCUT2D eigenvalue weighted by Crippen LogP contribution is 2.30. The molecule has 1 aromatic heterocycles. The first kappa shape index (κ1) is 13.1. The molecule has 1 fully saturated rings. The minimum absolute atomic E-state index is 0.210. The van der Waals surface area contributed by atoms with E-state index in [4.69, 9.17) is 5.73 Å². The van der Waals surface area contributed by atoms with Gasteiger partial charge in [-0.3, -0.25) is 4.90 Å². The Hall–Kier alpha value is -0.380. The van der Waals surface area contributed by atoms with Gasteiger partial charge in [-0.25, -0.2) is 0 Å². The fourth-order valence-corrected chi connectivity index (χ4v) is 3.77. The number of nitrogens with zero attached hydrogens (tertiary/aromatic N) is 1. The topological polar surface area (TPSA) is 29.3 Å². The SMILES string of the molecule is CC1CCCN(C(c2cccs2)C(C)N)CC1. The van der Waals surface area contributed by atoms with E-state index in [-0.39, 0.29) is 6.04 Å². The van der Waals surface area contributed by atoms with E-state index < -0.39 is 0 Å². The van der Waals surface area contributed by atoms with Crippen molar-refractivity contribution in [3.05, 3.63) is 22.4 Å². The summed E-state index contributed by atoms with van der Waals surface area (Å²) in [7, 11) is 0. The van der Waals surface area contributed by atoms with Crippen LogP contribution in [0.4, 0.5) is 0 Å². The van der Waals surface area contributed by atoms with Crippen molar-refractivity contribution in [2.24, 2.45) is 11.7 Å². The van der Waals surface area contributed by atoms with Crippen molar-refractivity contribution in [1.82, 2.24) is 4.90 Å². The summed E-state index contributed by atoms with van der Waals surface area (Å²) in [6.45, 7) is 6.91. The van der Waals surface area contributed by atoms with Gasteiger partial charge in [0.25, 0.3) is 0 Å². The number of thiophene rings is 1. The zero-order valence-corrected chi connectivity index (χ0v) is 11.7. The molecule has 1 aliphatic heterocycles. The van der Waals surface area contributed by atoms with Crippen molar-refractivity contribution in [3.63, 3.8) is 0 Å². The summed E-state index contributed by atoms with van der Waals surface area (Å²) in [6, 6.07) is 4.99. The molecule has 2 N–H and O–H groups in total. The number of rotatable bonds is 3. The molecule has 2 nitrogen and oxygen atoms in total. The van der Waals surface area contributed by atoms with E-state index in [1.807, 2.05) is 11.3 Å². The van der Waals surface area contributed by atoms with Gasteiger partial charge < -0.3 is 5.73 Å². The first-order chi connectivity index (χ1) is 8.18. The quantitative estimate of drug-likeness (QED) is 0.894. The van der Waals surface area contributed by atoms with Gasteiger partial charge in [-0.05, 0) is 56.6 Å². The van der Waals surface area contributed by atoms with Crippen LogP contribution in [0.2, 0.25) is 0 Å². The molecule has 0 bridgehead atoms. The maximum absolute atomic E-state index is 6.21. The highest BCUT2D eigenvalue weighted by atomic mass is 32.1. The predicted octanol–water partition coefficient (Wildman–Crippen LogP) is 3.26. The molecule has 0 spiro atoms. The molecular formula is C14H24N2S. The first-order valence-electron chi connectivity index (χ1n) is 6.71. The molecule has 2 heterocycles. The van der Waals surface area contributed by atoms with Crippen LogP contribution in [0.1, 0.15) is 44.0 Å². The molecule has 1 aliphatic rings. The third kappa shape index (κ3) is 3.30. The Morgan fingerprint density at radius 2 is 2.24 bits per heavy atom. The molecule has 3 heteroatoms. The molecule has 3 atom stereocenters. The lowest BCUT2D eigenvalue weighted by Gasteiger charge is -2.32. The van der Waals surface area contributed by atoms with Crippen LogP contribution in [0.15, 0.2) is 17.5 Å². The number of hydrogen-bond donors (Lipinski definition) is 1. The highest BCUT2D eigenvalue weighted by Gasteiger charge is 2.26. The van der Waals surface area contributed by atoms with E-state index in [1.165, 1.54) is 37.2 Å². The smallest absolute Gasteiger partial charge is 0.0590 e. The van der Waals surface area contributed by atoms with Gasteiger partial charge in [0, 0.05) is 10.9 Å². The maximum atomic E-state index is 6.21. The Balaban J connectivity index is 2.10. The largest absolute Gasteiger partial charge is 0.326 e. The van der Waals surface area contributed by atoms with Crippen LogP contribution in [0.3, 0.4) is 0 Å². The van der Waals surface area contributed by atoms with Gasteiger partial charge in [-0.15, -0.1) is 11.3 Å². The van der Waals surface area contributed by atoms with Crippen LogP contribution in [0.5, 0.6) is 0 Å². The van der Waals surface area contributed by atoms with Crippen LogP contribution < -0.4 is 5.73 Å². The molecule has 1 aromatic rings. The number of likely N-dealkylation sites (tertiary alicyclic amines) is 1. The van der Waals surface area contributed by atoms with Gasteiger partial charge in [0.05, 0.1) is 6.04 Å². The van der Waals surface area contributed by atoms with E-state index in [0.717, 1.165) is 5.92 Å². The lowest BCUT2D eigenvalue weighted by atomic mass is 10.0. The van der Waals surface area contributed by atoms with E-state index in [0.29, 0.717) is 6.04 Å². The fraction of sp³-hybridized carbons (Fsp3) is 0.714. The van der Waals surface area contributed by atoms with Crippen molar-refractivity contribution in [2.45, 2.75) is 45.2 Å². The summed E-state index contributed by atoms with van der Waals surface area (Å²) >= 11 is 1.84. The minimum Gasteiger partial charge on any atom is -0.326 e. The molecule has 0 aliphatic carbocycles. The lowest BCUT2D eigenvalue weighted by molar-refractivity contribution is 0.184. The third-order valence-corrected chi connectivity index (χ3v) is 4.72. The zero-order valence-electron chi connectivity index (χ0n) is 10.9. The van der Waals surface area contributed by atoms with Crippen molar-refractivity contribution in [3.8, 4) is 0 Å². The second-order valence-corrected chi connectivity index (χ2v) is 6.37. The Morgan fingerprint density at radius 1 is 1.41 bits per heavy atom. The van der Waals surface area contributed by atoms with Crippen molar-refractivity contribution < 1.29 is 0 Å². The van der Waals surface area contributed by atoms with E-state index in [2.05, 4.69) is 36.3 Å². The molecule has 3 unspecified atom stereocenters. The summed E-state index contributed by atoms with van der Waals surface area (Å²) in [5.74, 6) is 0.872. The molecule has 1 saturated heterocycles. The molecule has 96 valence electrons. The highest BCUT2D eigenvalue weighted by molar-refractivity contribution is 7.10. The van der Waals surface area contributed by atoms with E-state index >= 15 is 0 Å². The molecule has 0 aromatic carbocycles. The van der Waals surface area contributed by atoms with Gasteiger partial charge in [0.15, 0.2) is 0 Å². The van der Waals surface area contributed by atoms with Crippen LogP contribution >= 0.6 is 11.3 Å². The third-order valence-electron chi connectivity index (χ3n) is 3.78. The summed E-state index contributed by atoms with van der Waals surface area (Å²) in [6.07, 6.45) is 4.00. The predicted molar refractivity (Wildman–Crippen MR) is 75.3 cm³/mol. The zero-order chi connectivity index (χ0) is 12.3. The Kier molecular flexibility index (Phi) is 4.60. The number of nitrogens with two attached hydrogens (primary N) is 1. The molecule has 2 rings (SSSR count). The van der Waals surface area contributed by atoms with Crippen LogP contribution in [0.25, 0.3) is 0 Å². The van der Waals surface area contributed by atoms with Crippen molar-refractivity contribution in [2.75, 3.05) is 13.1 Å². The van der Waals surface area contributed by atoms with Crippen molar-refractivity contribution in [1.29, 1.82) is 0 Å². The minimum atomic E-state index is 0.210. The van der Waals surface area contributed by atoms with Crippen LogP contribution in [-0.4, -0.2) is 24.0 Å². The fourth-order valence-electron chi connectivity index (χ4n) is 2.79. The second-order valence-electron chi connectivity index (χ2n) is 5.39.